The number of hydrogen-bond acceptors (Lipinski definition) is 8. The molecule has 5 heterocycles. The largest absolute Gasteiger partial charge is 0.477 e. The van der Waals surface area contributed by atoms with Crippen LogP contribution in [0.5, 0.6) is 0 Å². The Morgan fingerprint density at radius 2 is 1.85 bits per heavy atom. The van der Waals surface area contributed by atoms with Crippen LogP contribution in [-0.2, 0) is 5.41 Å². The first kappa shape index (κ1) is 25.8. The molecule has 0 spiro atoms. The Bertz CT molecular complexity index is 1590. The van der Waals surface area contributed by atoms with Gasteiger partial charge in [-0.3, -0.25) is 4.79 Å². The zero-order valence-corrected chi connectivity index (χ0v) is 22.4. The number of nitrogens with zero attached hydrogens (tertiary/aromatic N) is 6. The van der Waals surface area contributed by atoms with Crippen LogP contribution in [0.3, 0.4) is 0 Å². The van der Waals surface area contributed by atoms with Gasteiger partial charge in [-0.1, -0.05) is 43.3 Å². The number of rotatable bonds is 6. The minimum atomic E-state index is -1.13. The van der Waals surface area contributed by atoms with Crippen molar-refractivity contribution in [1.29, 1.82) is 0 Å². The first-order valence-electron chi connectivity index (χ1n) is 13.3. The van der Waals surface area contributed by atoms with Gasteiger partial charge in [0.25, 0.3) is 5.91 Å². The number of pyridine rings is 2. The van der Waals surface area contributed by atoms with Gasteiger partial charge in [-0.2, -0.15) is 0 Å². The van der Waals surface area contributed by atoms with Crippen molar-refractivity contribution in [2.24, 2.45) is 0 Å². The minimum absolute atomic E-state index is 0.0208. The summed E-state index contributed by atoms with van der Waals surface area (Å²) >= 11 is 0. The second kappa shape index (κ2) is 9.91. The van der Waals surface area contributed by atoms with Gasteiger partial charge in [0.05, 0.1) is 24.0 Å². The van der Waals surface area contributed by atoms with Gasteiger partial charge in [-0.15, -0.1) is 5.10 Å². The molecule has 3 aromatic heterocycles. The average Bonchev–Trinajstić information content (AvgIpc) is 3.67. The molecule has 2 fully saturated rings. The lowest BCUT2D eigenvalue weighted by atomic mass is 9.82. The lowest BCUT2D eigenvalue weighted by molar-refractivity contribution is 0.0690. The molecule has 2 unspecified atom stereocenters. The fraction of sp³-hybridized carbons (Fsp3) is 0.345. The summed E-state index contributed by atoms with van der Waals surface area (Å²) in [6.45, 7) is 6.53. The predicted molar refractivity (Wildman–Crippen MR) is 149 cm³/mol. The van der Waals surface area contributed by atoms with Gasteiger partial charge in [0.2, 0.25) is 5.82 Å². The Morgan fingerprint density at radius 1 is 1.05 bits per heavy atom. The van der Waals surface area contributed by atoms with Crippen molar-refractivity contribution < 1.29 is 19.8 Å². The Labute approximate surface area is 231 Å². The maximum absolute atomic E-state index is 13.1. The summed E-state index contributed by atoms with van der Waals surface area (Å²) < 4.78 is 1.65. The molecule has 1 amide bonds. The first-order chi connectivity index (χ1) is 19.2. The molecule has 11 heteroatoms. The van der Waals surface area contributed by atoms with E-state index in [9.17, 15) is 19.8 Å². The number of carbonyl (C=O) groups is 2. The number of amides is 1. The predicted octanol–water partition coefficient (Wildman–Crippen LogP) is 2.28. The fourth-order valence-electron chi connectivity index (χ4n) is 5.72. The molecule has 0 radical (unpaired) electrons. The maximum atomic E-state index is 13.1. The highest BCUT2D eigenvalue weighted by atomic mass is 16.4. The number of aliphatic hydroxyl groups is 1. The van der Waals surface area contributed by atoms with E-state index < -0.39 is 24.0 Å². The highest BCUT2D eigenvalue weighted by molar-refractivity contribution is 5.91. The van der Waals surface area contributed by atoms with E-state index in [0.717, 1.165) is 30.8 Å². The zero-order valence-electron chi connectivity index (χ0n) is 22.4. The zero-order chi connectivity index (χ0) is 28.0. The average molecular weight is 542 g/mol. The van der Waals surface area contributed by atoms with Gasteiger partial charge in [0.15, 0.2) is 11.3 Å². The summed E-state index contributed by atoms with van der Waals surface area (Å²) in [5.41, 5.74) is 3.84. The third-order valence-corrected chi connectivity index (χ3v) is 8.00. The van der Waals surface area contributed by atoms with E-state index in [0.29, 0.717) is 11.5 Å². The molecule has 0 saturated carbocycles. The van der Waals surface area contributed by atoms with Crippen molar-refractivity contribution in [3.63, 3.8) is 0 Å². The van der Waals surface area contributed by atoms with Crippen LogP contribution >= 0.6 is 0 Å². The summed E-state index contributed by atoms with van der Waals surface area (Å²) in [6.07, 6.45) is 2.09. The van der Waals surface area contributed by atoms with Crippen LogP contribution < -0.4 is 15.1 Å². The molecule has 2 saturated heterocycles. The van der Waals surface area contributed by atoms with Crippen LogP contribution in [0.1, 0.15) is 45.6 Å². The molecular weight excluding hydrogens is 510 g/mol. The van der Waals surface area contributed by atoms with E-state index in [1.165, 1.54) is 11.6 Å². The van der Waals surface area contributed by atoms with Crippen LogP contribution in [0.15, 0.2) is 60.8 Å². The summed E-state index contributed by atoms with van der Waals surface area (Å²) in [4.78, 5) is 37.1. The number of carboxylic acids is 1. The van der Waals surface area contributed by atoms with Crippen molar-refractivity contribution in [2.75, 3.05) is 36.0 Å². The van der Waals surface area contributed by atoms with E-state index in [-0.39, 0.29) is 30.0 Å². The number of benzene rings is 1. The van der Waals surface area contributed by atoms with Crippen LogP contribution in [0.25, 0.3) is 5.65 Å². The highest BCUT2D eigenvalue weighted by Gasteiger charge is 2.36. The topological polar surface area (TPSA) is 136 Å². The number of aryl methyl sites for hydroxylation is 1. The van der Waals surface area contributed by atoms with E-state index in [1.54, 1.807) is 21.5 Å². The standard InChI is InChI=1S/C29H31N7O4/c1-18-13-20(34-12-11-29(2,17-34)19-7-4-3-5-8-19)14-36-26(18)32-25(33-36)27(38)31-22-15-35(16-23(22)37)24-10-6-9-21(30-24)28(39)40/h3-10,13-14,22-23,37H,11-12,15-17H2,1-2H3,(H,31,38)(H,39,40)/t22?,23?,29-/m0/s1. The molecular formula is C29H31N7O4. The number of nitrogens with one attached hydrogen (secondary N) is 1. The van der Waals surface area contributed by atoms with E-state index in [1.807, 2.05) is 19.2 Å². The molecule has 206 valence electrons. The molecule has 0 aliphatic carbocycles. The number of fused-ring (bicyclic) bond motifs is 1. The van der Waals surface area contributed by atoms with Gasteiger partial charge in [-0.05, 0) is 42.7 Å². The number of hydrogen-bond donors (Lipinski definition) is 3. The Hall–Kier alpha value is -4.51. The summed E-state index contributed by atoms with van der Waals surface area (Å²) in [5.74, 6) is -1.17. The summed E-state index contributed by atoms with van der Waals surface area (Å²) in [5, 5.41) is 27.1. The van der Waals surface area contributed by atoms with Crippen LogP contribution in [0.2, 0.25) is 0 Å². The summed E-state index contributed by atoms with van der Waals surface area (Å²) in [6, 6.07) is 16.7. The van der Waals surface area contributed by atoms with Gasteiger partial charge in [0, 0.05) is 31.6 Å². The molecule has 11 nitrogen and oxygen atoms in total. The van der Waals surface area contributed by atoms with Crippen molar-refractivity contribution in [3.05, 3.63) is 83.4 Å². The normalized spacial score (nSPS) is 22.7. The number of carbonyl (C=O) groups excluding carboxylic acids is 1. The van der Waals surface area contributed by atoms with Crippen molar-refractivity contribution in [3.8, 4) is 0 Å². The third kappa shape index (κ3) is 4.73. The number of anilines is 2. The Morgan fingerprint density at radius 3 is 2.62 bits per heavy atom. The smallest absolute Gasteiger partial charge is 0.354 e. The number of carboxylic acid groups (broad SMARTS) is 1. The van der Waals surface area contributed by atoms with Crippen LogP contribution in [0.4, 0.5) is 11.5 Å². The van der Waals surface area contributed by atoms with E-state index in [2.05, 4.69) is 62.5 Å². The number of aliphatic hydroxyl groups excluding tert-OH is 1. The van der Waals surface area contributed by atoms with Crippen LogP contribution in [-0.4, -0.2) is 80.0 Å². The van der Waals surface area contributed by atoms with Gasteiger partial charge in [0.1, 0.15) is 5.82 Å². The van der Waals surface area contributed by atoms with Crippen LogP contribution in [0, 0.1) is 6.92 Å². The molecule has 6 rings (SSSR count). The second-order valence-corrected chi connectivity index (χ2v) is 10.9. The van der Waals surface area contributed by atoms with Gasteiger partial charge >= 0.3 is 5.97 Å². The SMILES string of the molecule is Cc1cc(N2CC[C@](C)(c3ccccc3)C2)cn2nc(C(=O)NC3CN(c4cccc(C(=O)O)n4)CC3O)nc12. The van der Waals surface area contributed by atoms with E-state index in [4.69, 9.17) is 0 Å². The summed E-state index contributed by atoms with van der Waals surface area (Å²) in [7, 11) is 0. The molecule has 3 N–H and O–H groups in total. The van der Waals surface area contributed by atoms with E-state index >= 15 is 0 Å². The molecule has 3 atom stereocenters. The number of β-amino-alcohol motifs (C(OH)–C–C–N with tert-alkyl or cyclic N) is 1. The van der Waals surface area contributed by atoms with Crippen molar-refractivity contribution in [2.45, 2.75) is 37.8 Å². The lowest BCUT2D eigenvalue weighted by Gasteiger charge is -2.26. The monoisotopic (exact) mass is 541 g/mol. The molecule has 2 aliphatic heterocycles. The van der Waals surface area contributed by atoms with Crippen molar-refractivity contribution in [1.82, 2.24) is 24.9 Å². The first-order valence-corrected chi connectivity index (χ1v) is 13.3. The number of aromatic carboxylic acids is 1. The lowest BCUT2D eigenvalue weighted by Crippen LogP contribution is -2.43. The molecule has 2 aliphatic rings. The van der Waals surface area contributed by atoms with Gasteiger partial charge < -0.3 is 25.3 Å². The molecule has 40 heavy (non-hydrogen) atoms. The second-order valence-electron chi connectivity index (χ2n) is 10.9. The fourth-order valence-corrected chi connectivity index (χ4v) is 5.72. The Balaban J connectivity index is 1.17. The molecule has 4 aromatic rings. The van der Waals surface area contributed by atoms with Gasteiger partial charge in [-0.25, -0.2) is 19.3 Å². The highest BCUT2D eigenvalue weighted by Crippen LogP contribution is 2.36. The maximum Gasteiger partial charge on any atom is 0.354 e. The quantitative estimate of drug-likeness (QED) is 0.336. The third-order valence-electron chi connectivity index (χ3n) is 8.00. The van der Waals surface area contributed by atoms with Crippen molar-refractivity contribution >= 4 is 29.0 Å². The molecule has 0 bridgehead atoms. The minimum Gasteiger partial charge on any atom is -0.477 e. The Kier molecular flexibility index (Phi) is 6.38. The molecule has 1 aromatic carbocycles. The number of aromatic nitrogens is 4.